The maximum absolute atomic E-state index is 2.63. The van der Waals surface area contributed by atoms with Gasteiger partial charge in [-0.25, -0.2) is 0 Å². The molecule has 0 spiro atoms. The number of benzene rings is 6. The van der Waals surface area contributed by atoms with E-state index in [9.17, 15) is 0 Å². The molecule has 46 heavy (non-hydrogen) atoms. The molecule has 8 aromatic rings. The second-order valence-corrected chi connectivity index (χ2v) is 13.5. The first-order valence-electron chi connectivity index (χ1n) is 16.1. The second-order valence-electron chi connectivity index (χ2n) is 12.4. The van der Waals surface area contributed by atoms with Crippen LogP contribution in [-0.4, -0.2) is 4.57 Å². The van der Waals surface area contributed by atoms with E-state index in [-0.39, 0.29) is 0 Å². The average Bonchev–Trinajstić information content (AvgIpc) is 3.77. The topological polar surface area (TPSA) is 8.17 Å². The van der Waals surface area contributed by atoms with E-state index >= 15 is 0 Å². The van der Waals surface area contributed by atoms with Crippen LogP contribution in [0.3, 0.4) is 0 Å². The summed E-state index contributed by atoms with van der Waals surface area (Å²) >= 11 is 1.95. The molecule has 0 radical (unpaired) electrons. The van der Waals surface area contributed by atoms with Gasteiger partial charge in [0.25, 0.3) is 0 Å². The second kappa shape index (κ2) is 10.1. The molecule has 0 N–H and O–H groups in total. The number of nitrogens with zero attached hydrogens (tertiary/aromatic N) is 2. The van der Waals surface area contributed by atoms with Crippen LogP contribution in [0.2, 0.25) is 0 Å². The van der Waals surface area contributed by atoms with E-state index in [2.05, 4.69) is 161 Å². The van der Waals surface area contributed by atoms with Gasteiger partial charge in [0.15, 0.2) is 0 Å². The smallest absolute Gasteiger partial charge is 0.0553 e. The molecule has 6 aromatic carbocycles. The van der Waals surface area contributed by atoms with Gasteiger partial charge in [0.2, 0.25) is 0 Å². The van der Waals surface area contributed by atoms with E-state index in [0.29, 0.717) is 5.92 Å². The number of para-hydroxylation sites is 4. The molecular formula is C43H30N2S. The summed E-state index contributed by atoms with van der Waals surface area (Å²) in [5.41, 5.74) is 11.8. The van der Waals surface area contributed by atoms with Crippen LogP contribution >= 0.6 is 11.3 Å². The summed E-state index contributed by atoms with van der Waals surface area (Å²) in [4.78, 5) is 2.63. The van der Waals surface area contributed by atoms with Crippen LogP contribution in [0.15, 0.2) is 146 Å². The Morgan fingerprint density at radius 3 is 1.98 bits per heavy atom. The van der Waals surface area contributed by atoms with E-state index in [0.717, 1.165) is 13.0 Å². The van der Waals surface area contributed by atoms with Crippen LogP contribution in [0.5, 0.6) is 0 Å². The van der Waals surface area contributed by atoms with E-state index in [1.165, 1.54) is 81.0 Å². The van der Waals surface area contributed by atoms with Crippen molar-refractivity contribution in [2.24, 2.45) is 0 Å². The zero-order chi connectivity index (χ0) is 30.2. The van der Waals surface area contributed by atoms with Crippen LogP contribution in [0.1, 0.15) is 23.5 Å². The molecule has 0 bridgehead atoms. The zero-order valence-electron chi connectivity index (χ0n) is 25.2. The monoisotopic (exact) mass is 606 g/mol. The Hall–Kier alpha value is -5.38. The molecule has 1 unspecified atom stereocenters. The maximum atomic E-state index is 2.63. The SMILES string of the molecule is C1=c2c(sc3ccccc23)=C2C(C1)c1ccccc1N2Cc1ccccc1-c1ccccc1-n1c2ccccc2c2ccccc21. The lowest BCUT2D eigenvalue weighted by atomic mass is 9.91. The molecule has 0 amide bonds. The third-order valence-corrected chi connectivity index (χ3v) is 11.2. The van der Waals surface area contributed by atoms with Crippen molar-refractivity contribution in [2.75, 3.05) is 4.90 Å². The van der Waals surface area contributed by atoms with Crippen LogP contribution in [0.25, 0.3) is 60.5 Å². The lowest BCUT2D eigenvalue weighted by Gasteiger charge is -2.26. The average molecular weight is 607 g/mol. The van der Waals surface area contributed by atoms with Gasteiger partial charge in [-0.05, 0) is 58.7 Å². The summed E-state index contributed by atoms with van der Waals surface area (Å²) in [6, 6.07) is 53.5. The highest BCUT2D eigenvalue weighted by atomic mass is 32.1. The van der Waals surface area contributed by atoms with Gasteiger partial charge in [0.1, 0.15) is 0 Å². The van der Waals surface area contributed by atoms with E-state index < -0.39 is 0 Å². The van der Waals surface area contributed by atoms with E-state index in [1.807, 2.05) is 11.3 Å². The highest BCUT2D eigenvalue weighted by molar-refractivity contribution is 7.17. The van der Waals surface area contributed by atoms with Gasteiger partial charge in [0, 0.05) is 50.3 Å². The van der Waals surface area contributed by atoms with Crippen LogP contribution in [-0.2, 0) is 6.54 Å². The third kappa shape index (κ3) is 3.70. The molecular weight excluding hydrogens is 577 g/mol. The summed E-state index contributed by atoms with van der Waals surface area (Å²) in [5.74, 6) is 0.383. The molecule has 3 heteroatoms. The number of rotatable bonds is 4. The molecule has 10 rings (SSSR count). The first-order chi connectivity index (χ1) is 22.8. The summed E-state index contributed by atoms with van der Waals surface area (Å²) in [6.07, 6.45) is 3.52. The van der Waals surface area contributed by atoms with Gasteiger partial charge in [-0.1, -0.05) is 121 Å². The number of anilines is 1. The molecule has 0 fully saturated rings. The molecule has 1 atom stereocenters. The number of fused-ring (bicyclic) bond motifs is 9. The van der Waals surface area contributed by atoms with Crippen LogP contribution in [0.4, 0.5) is 5.69 Å². The number of hydrogen-bond acceptors (Lipinski definition) is 2. The number of hydrogen-bond donors (Lipinski definition) is 0. The molecule has 2 nitrogen and oxygen atoms in total. The number of aromatic nitrogens is 1. The fraction of sp³-hybridized carbons (Fsp3) is 0.0698. The quantitative estimate of drug-likeness (QED) is 0.194. The van der Waals surface area contributed by atoms with Crippen LogP contribution in [0, 0.1) is 0 Å². The van der Waals surface area contributed by atoms with Gasteiger partial charge in [-0.3, -0.25) is 0 Å². The van der Waals surface area contributed by atoms with Crippen molar-refractivity contribution in [1.82, 2.24) is 4.57 Å². The lowest BCUT2D eigenvalue weighted by Crippen LogP contribution is -2.33. The van der Waals surface area contributed by atoms with E-state index in [1.54, 1.807) is 0 Å². The summed E-state index contributed by atoms with van der Waals surface area (Å²) < 4.78 is 5.25. The lowest BCUT2D eigenvalue weighted by molar-refractivity contribution is 0.886. The van der Waals surface area contributed by atoms with Crippen molar-refractivity contribution in [3.05, 3.63) is 166 Å². The third-order valence-electron chi connectivity index (χ3n) is 10.0. The fourth-order valence-electron chi connectivity index (χ4n) is 8.05. The van der Waals surface area contributed by atoms with Crippen molar-refractivity contribution in [3.63, 3.8) is 0 Å². The Morgan fingerprint density at radius 1 is 0.565 bits per heavy atom. The summed E-state index contributed by atoms with van der Waals surface area (Å²) in [5, 5.41) is 5.36. The van der Waals surface area contributed by atoms with Crippen molar-refractivity contribution in [2.45, 2.75) is 18.9 Å². The first-order valence-corrected chi connectivity index (χ1v) is 16.9. The van der Waals surface area contributed by atoms with Crippen molar-refractivity contribution >= 4 is 60.7 Å². The minimum Gasteiger partial charge on any atom is -0.338 e. The maximum Gasteiger partial charge on any atom is 0.0553 e. The Morgan fingerprint density at radius 2 is 1.17 bits per heavy atom. The molecule has 1 aliphatic heterocycles. The Labute approximate surface area is 271 Å². The molecule has 1 aliphatic carbocycles. The minimum atomic E-state index is 0.383. The van der Waals surface area contributed by atoms with Crippen molar-refractivity contribution < 1.29 is 0 Å². The van der Waals surface area contributed by atoms with Gasteiger partial charge in [-0.2, -0.15) is 0 Å². The van der Waals surface area contributed by atoms with Crippen LogP contribution < -0.4 is 14.7 Å². The normalized spacial score (nSPS) is 15.3. The summed E-state index contributed by atoms with van der Waals surface area (Å²) in [6.45, 7) is 0.814. The van der Waals surface area contributed by atoms with Gasteiger partial charge in [-0.15, -0.1) is 11.3 Å². The Kier molecular flexibility index (Phi) is 5.67. The molecule has 218 valence electrons. The highest BCUT2D eigenvalue weighted by Crippen LogP contribution is 2.48. The first kappa shape index (κ1) is 25.9. The highest BCUT2D eigenvalue weighted by Gasteiger charge is 2.36. The number of thiophene rings is 1. The van der Waals surface area contributed by atoms with Gasteiger partial charge < -0.3 is 9.47 Å². The molecule has 2 aromatic heterocycles. The van der Waals surface area contributed by atoms with Crippen molar-refractivity contribution in [1.29, 1.82) is 0 Å². The van der Waals surface area contributed by atoms with Crippen molar-refractivity contribution in [3.8, 4) is 16.8 Å². The molecule has 3 heterocycles. The van der Waals surface area contributed by atoms with Gasteiger partial charge >= 0.3 is 0 Å². The Bertz CT molecular complexity index is 2570. The minimum absolute atomic E-state index is 0.383. The standard InChI is InChI=1S/C43H30N2S/c1-2-14-29(30-15-4-9-21-38(30)45-39-22-10-5-16-31(39)32-17-6-11-23-40(32)45)28(13-1)27-44-37-20-8-3-18-33(37)35-25-26-36-34-19-7-12-24-41(34)46-43(36)42(35)44/h1-24,26,35H,25,27H2. The van der Waals surface area contributed by atoms with Gasteiger partial charge in [0.05, 0.1) is 21.3 Å². The Balaban J connectivity index is 1.18. The molecule has 0 saturated heterocycles. The molecule has 2 aliphatic rings. The zero-order valence-corrected chi connectivity index (χ0v) is 26.0. The summed E-state index contributed by atoms with van der Waals surface area (Å²) in [7, 11) is 0. The molecule has 0 saturated carbocycles. The predicted octanol–water partition coefficient (Wildman–Crippen LogP) is 9.76. The fourth-order valence-corrected chi connectivity index (χ4v) is 9.36. The van der Waals surface area contributed by atoms with E-state index in [4.69, 9.17) is 0 Å². The largest absolute Gasteiger partial charge is 0.338 e. The predicted molar refractivity (Wildman–Crippen MR) is 195 cm³/mol.